The fourth-order valence-electron chi connectivity index (χ4n) is 1.44. The summed E-state index contributed by atoms with van der Waals surface area (Å²) in [6.45, 7) is 0.964. The molecule has 2 N–H and O–H groups in total. The van der Waals surface area contributed by atoms with Gasteiger partial charge in [0, 0.05) is 18.4 Å². The van der Waals surface area contributed by atoms with Crippen molar-refractivity contribution < 1.29 is 9.90 Å². The molecule has 1 aromatic rings. The number of hydrogen-bond donors (Lipinski definition) is 2. The SMILES string of the molecule is O=C(O)c1cnccc1[C@@H]1CCN1. The molecule has 2 heterocycles. The molecule has 1 saturated heterocycles. The summed E-state index contributed by atoms with van der Waals surface area (Å²) in [4.78, 5) is 14.6. The van der Waals surface area contributed by atoms with E-state index < -0.39 is 5.97 Å². The van der Waals surface area contributed by atoms with Crippen molar-refractivity contribution in [1.29, 1.82) is 0 Å². The summed E-state index contributed by atoms with van der Waals surface area (Å²) in [5.41, 5.74) is 1.15. The Morgan fingerprint density at radius 1 is 1.69 bits per heavy atom. The number of carboxylic acids is 1. The first kappa shape index (κ1) is 8.19. The van der Waals surface area contributed by atoms with Gasteiger partial charge in [0.1, 0.15) is 0 Å². The maximum Gasteiger partial charge on any atom is 0.337 e. The Kier molecular flexibility index (Phi) is 1.98. The van der Waals surface area contributed by atoms with Crippen LogP contribution in [-0.2, 0) is 0 Å². The van der Waals surface area contributed by atoms with Crippen molar-refractivity contribution in [1.82, 2.24) is 10.3 Å². The van der Waals surface area contributed by atoms with Crippen molar-refractivity contribution in [3.63, 3.8) is 0 Å². The van der Waals surface area contributed by atoms with Crippen LogP contribution in [0.5, 0.6) is 0 Å². The van der Waals surface area contributed by atoms with Gasteiger partial charge >= 0.3 is 5.97 Å². The summed E-state index contributed by atoms with van der Waals surface area (Å²) >= 11 is 0. The van der Waals surface area contributed by atoms with E-state index in [2.05, 4.69) is 10.3 Å². The normalized spacial score (nSPS) is 20.8. The fraction of sp³-hybridized carbons (Fsp3) is 0.333. The lowest BCUT2D eigenvalue weighted by atomic mass is 9.95. The molecule has 0 bridgehead atoms. The van der Waals surface area contributed by atoms with Gasteiger partial charge in [0.25, 0.3) is 0 Å². The van der Waals surface area contributed by atoms with Crippen LogP contribution in [0.25, 0.3) is 0 Å². The van der Waals surface area contributed by atoms with Crippen LogP contribution in [0.15, 0.2) is 18.5 Å². The van der Waals surface area contributed by atoms with Crippen LogP contribution >= 0.6 is 0 Å². The van der Waals surface area contributed by atoms with Crippen LogP contribution in [-0.4, -0.2) is 22.6 Å². The highest BCUT2D eigenvalue weighted by molar-refractivity contribution is 5.89. The van der Waals surface area contributed by atoms with Gasteiger partial charge in [-0.1, -0.05) is 0 Å². The van der Waals surface area contributed by atoms with Gasteiger partial charge in [-0.15, -0.1) is 0 Å². The van der Waals surface area contributed by atoms with E-state index in [9.17, 15) is 4.79 Å². The number of nitrogens with zero attached hydrogens (tertiary/aromatic N) is 1. The van der Waals surface area contributed by atoms with Crippen LogP contribution in [0.1, 0.15) is 28.4 Å². The van der Waals surface area contributed by atoms with E-state index >= 15 is 0 Å². The van der Waals surface area contributed by atoms with Crippen molar-refractivity contribution in [2.24, 2.45) is 0 Å². The highest BCUT2D eigenvalue weighted by Gasteiger charge is 2.23. The number of aromatic carboxylic acids is 1. The van der Waals surface area contributed by atoms with E-state index in [1.807, 2.05) is 0 Å². The largest absolute Gasteiger partial charge is 0.478 e. The maximum atomic E-state index is 10.8. The molecule has 0 aliphatic carbocycles. The standard InChI is InChI=1S/C9H10N2O2/c12-9(13)7-5-10-3-1-6(7)8-2-4-11-8/h1,3,5,8,11H,2,4H2,(H,12,13)/t8-/m0/s1. The fourth-order valence-corrected chi connectivity index (χ4v) is 1.44. The highest BCUT2D eigenvalue weighted by Crippen LogP contribution is 2.25. The van der Waals surface area contributed by atoms with Crippen LogP contribution in [0.3, 0.4) is 0 Å². The van der Waals surface area contributed by atoms with E-state index in [0.717, 1.165) is 18.5 Å². The number of pyridine rings is 1. The van der Waals surface area contributed by atoms with E-state index in [0.29, 0.717) is 5.56 Å². The Hall–Kier alpha value is -1.42. The van der Waals surface area contributed by atoms with E-state index in [1.165, 1.54) is 6.20 Å². The van der Waals surface area contributed by atoms with Crippen molar-refractivity contribution >= 4 is 5.97 Å². The molecule has 4 heteroatoms. The Morgan fingerprint density at radius 3 is 3.00 bits per heavy atom. The zero-order valence-electron chi connectivity index (χ0n) is 7.03. The molecule has 1 aliphatic rings. The first-order valence-corrected chi connectivity index (χ1v) is 4.19. The molecule has 0 aromatic carbocycles. The van der Waals surface area contributed by atoms with Gasteiger partial charge in [0.15, 0.2) is 0 Å². The minimum absolute atomic E-state index is 0.203. The van der Waals surface area contributed by atoms with Gasteiger partial charge < -0.3 is 10.4 Å². The second-order valence-electron chi connectivity index (χ2n) is 3.06. The quantitative estimate of drug-likeness (QED) is 0.703. The number of nitrogens with one attached hydrogen (secondary N) is 1. The highest BCUT2D eigenvalue weighted by atomic mass is 16.4. The van der Waals surface area contributed by atoms with Gasteiger partial charge in [0.05, 0.1) is 5.56 Å². The average Bonchev–Trinajstić information content (AvgIpc) is 2.02. The first-order chi connectivity index (χ1) is 6.29. The van der Waals surface area contributed by atoms with Gasteiger partial charge in [-0.05, 0) is 24.6 Å². The molecule has 1 aromatic heterocycles. The van der Waals surface area contributed by atoms with E-state index in [4.69, 9.17) is 5.11 Å². The lowest BCUT2D eigenvalue weighted by Crippen LogP contribution is -2.36. The molecule has 68 valence electrons. The van der Waals surface area contributed by atoms with Crippen molar-refractivity contribution in [2.45, 2.75) is 12.5 Å². The predicted octanol–water partition coefficient (Wildman–Crippen LogP) is 0.814. The summed E-state index contributed by atoms with van der Waals surface area (Å²) in [6, 6.07) is 1.97. The molecule has 0 spiro atoms. The van der Waals surface area contributed by atoms with Crippen molar-refractivity contribution in [3.8, 4) is 0 Å². The summed E-state index contributed by atoms with van der Waals surface area (Å²) in [7, 11) is 0. The van der Waals surface area contributed by atoms with Crippen molar-refractivity contribution in [2.75, 3.05) is 6.54 Å². The number of carboxylic acid groups (broad SMARTS) is 1. The molecule has 1 aliphatic heterocycles. The Bertz CT molecular complexity index is 334. The maximum absolute atomic E-state index is 10.8. The second kappa shape index (κ2) is 3.14. The molecular formula is C9H10N2O2. The Balaban J connectivity index is 2.36. The van der Waals surface area contributed by atoms with Gasteiger partial charge in [-0.25, -0.2) is 4.79 Å². The minimum Gasteiger partial charge on any atom is -0.478 e. The van der Waals surface area contributed by atoms with E-state index in [-0.39, 0.29) is 6.04 Å². The summed E-state index contributed by atoms with van der Waals surface area (Å²) in [6.07, 6.45) is 4.03. The van der Waals surface area contributed by atoms with E-state index in [1.54, 1.807) is 12.3 Å². The zero-order chi connectivity index (χ0) is 9.26. The van der Waals surface area contributed by atoms with Crippen molar-refractivity contribution in [3.05, 3.63) is 29.6 Å². The topological polar surface area (TPSA) is 62.2 Å². The zero-order valence-corrected chi connectivity index (χ0v) is 7.03. The third-order valence-corrected chi connectivity index (χ3v) is 2.28. The van der Waals surface area contributed by atoms with Crippen LogP contribution in [0.4, 0.5) is 0 Å². The summed E-state index contributed by atoms with van der Waals surface area (Å²) < 4.78 is 0. The molecule has 0 amide bonds. The second-order valence-corrected chi connectivity index (χ2v) is 3.06. The molecule has 1 atom stereocenters. The van der Waals surface area contributed by atoms with Gasteiger partial charge in [-0.2, -0.15) is 0 Å². The molecule has 0 unspecified atom stereocenters. The number of aromatic nitrogens is 1. The third kappa shape index (κ3) is 1.40. The number of carbonyl (C=O) groups is 1. The smallest absolute Gasteiger partial charge is 0.337 e. The lowest BCUT2D eigenvalue weighted by molar-refractivity contribution is 0.0693. The summed E-state index contributed by atoms with van der Waals surface area (Å²) in [5, 5.41) is 12.0. The lowest BCUT2D eigenvalue weighted by Gasteiger charge is -2.28. The molecular weight excluding hydrogens is 168 g/mol. The molecule has 0 radical (unpaired) electrons. The number of hydrogen-bond acceptors (Lipinski definition) is 3. The third-order valence-electron chi connectivity index (χ3n) is 2.28. The van der Waals surface area contributed by atoms with Gasteiger partial charge in [0.2, 0.25) is 0 Å². The average molecular weight is 178 g/mol. The van der Waals surface area contributed by atoms with Crippen LogP contribution < -0.4 is 5.32 Å². The summed E-state index contributed by atoms with van der Waals surface area (Å²) in [5.74, 6) is -0.906. The first-order valence-electron chi connectivity index (χ1n) is 4.19. The monoisotopic (exact) mass is 178 g/mol. The number of rotatable bonds is 2. The molecule has 2 rings (SSSR count). The Morgan fingerprint density at radius 2 is 2.46 bits per heavy atom. The van der Waals surface area contributed by atoms with Gasteiger partial charge in [-0.3, -0.25) is 4.98 Å². The predicted molar refractivity (Wildman–Crippen MR) is 46.6 cm³/mol. The Labute approximate surface area is 75.6 Å². The molecule has 4 nitrogen and oxygen atoms in total. The molecule has 13 heavy (non-hydrogen) atoms. The van der Waals surface area contributed by atoms with Crippen LogP contribution in [0, 0.1) is 0 Å². The molecule has 1 fully saturated rings. The molecule has 0 saturated carbocycles. The minimum atomic E-state index is -0.906. The van der Waals surface area contributed by atoms with Crippen LogP contribution in [0.2, 0.25) is 0 Å².